The van der Waals surface area contributed by atoms with Crippen LogP contribution >= 0.6 is 0 Å². The summed E-state index contributed by atoms with van der Waals surface area (Å²) in [4.78, 5) is 2.50. The van der Waals surface area contributed by atoms with Crippen molar-refractivity contribution in [2.24, 2.45) is 0 Å². The summed E-state index contributed by atoms with van der Waals surface area (Å²) in [5.41, 5.74) is 1.26. The molecule has 0 aromatic heterocycles. The fraction of sp³-hybridized carbons (Fsp3) is 0.684. The first-order valence-corrected chi connectivity index (χ1v) is 8.75. The molecule has 0 saturated heterocycles. The predicted octanol–water partition coefficient (Wildman–Crippen LogP) is 3.23. The predicted molar refractivity (Wildman–Crippen MR) is 92.8 cm³/mol. The SMILES string of the molecule is COc1cccc(CN(CCOC(C)C)C2CCC(O)CC2)c1. The van der Waals surface area contributed by atoms with Crippen molar-refractivity contribution in [3.05, 3.63) is 29.8 Å². The maximum absolute atomic E-state index is 9.76. The zero-order chi connectivity index (χ0) is 16.7. The molecule has 1 saturated carbocycles. The number of hydrogen-bond donors (Lipinski definition) is 1. The maximum Gasteiger partial charge on any atom is 0.119 e. The summed E-state index contributed by atoms with van der Waals surface area (Å²) in [7, 11) is 1.70. The van der Waals surface area contributed by atoms with E-state index >= 15 is 0 Å². The third-order valence-corrected chi connectivity index (χ3v) is 4.53. The number of benzene rings is 1. The summed E-state index contributed by atoms with van der Waals surface area (Å²) >= 11 is 0. The lowest BCUT2D eigenvalue weighted by atomic mass is 9.91. The van der Waals surface area contributed by atoms with Crippen LogP contribution in [0.15, 0.2) is 24.3 Å². The molecule has 2 rings (SSSR count). The number of aliphatic hydroxyl groups is 1. The molecule has 1 aromatic carbocycles. The smallest absolute Gasteiger partial charge is 0.119 e. The first kappa shape index (κ1) is 18.2. The minimum absolute atomic E-state index is 0.114. The van der Waals surface area contributed by atoms with Crippen molar-refractivity contribution < 1.29 is 14.6 Å². The fourth-order valence-electron chi connectivity index (χ4n) is 3.23. The molecular weight excluding hydrogens is 290 g/mol. The monoisotopic (exact) mass is 321 g/mol. The Morgan fingerprint density at radius 3 is 2.61 bits per heavy atom. The van der Waals surface area contributed by atoms with Gasteiger partial charge in [-0.05, 0) is 57.2 Å². The summed E-state index contributed by atoms with van der Waals surface area (Å²) in [6.45, 7) is 6.73. The van der Waals surface area contributed by atoms with Gasteiger partial charge in [0.1, 0.15) is 5.75 Å². The van der Waals surface area contributed by atoms with Gasteiger partial charge in [-0.3, -0.25) is 4.90 Å². The van der Waals surface area contributed by atoms with Crippen LogP contribution in [0.4, 0.5) is 0 Å². The van der Waals surface area contributed by atoms with Crippen LogP contribution in [-0.4, -0.2) is 48.5 Å². The van der Waals surface area contributed by atoms with Crippen LogP contribution in [-0.2, 0) is 11.3 Å². The third-order valence-electron chi connectivity index (χ3n) is 4.53. The summed E-state index contributed by atoms with van der Waals surface area (Å²) in [6, 6.07) is 8.80. The third kappa shape index (κ3) is 6.13. The standard InChI is InChI=1S/C19H31NO3/c1-15(2)23-12-11-20(17-7-9-18(21)10-8-17)14-16-5-4-6-19(13-16)22-3/h4-6,13,15,17-18,21H,7-12,14H2,1-3H3. The summed E-state index contributed by atoms with van der Waals surface area (Å²) < 4.78 is 11.1. The normalized spacial score (nSPS) is 21.8. The summed E-state index contributed by atoms with van der Waals surface area (Å²) in [5, 5.41) is 9.76. The lowest BCUT2D eigenvalue weighted by Crippen LogP contribution is -2.40. The number of nitrogens with zero attached hydrogens (tertiary/aromatic N) is 1. The minimum atomic E-state index is -0.114. The van der Waals surface area contributed by atoms with Crippen molar-refractivity contribution in [2.45, 2.75) is 64.3 Å². The van der Waals surface area contributed by atoms with Gasteiger partial charge in [-0.25, -0.2) is 0 Å². The topological polar surface area (TPSA) is 41.9 Å². The van der Waals surface area contributed by atoms with Crippen LogP contribution < -0.4 is 4.74 Å². The highest BCUT2D eigenvalue weighted by Crippen LogP contribution is 2.25. The van der Waals surface area contributed by atoms with E-state index in [2.05, 4.69) is 30.9 Å². The van der Waals surface area contributed by atoms with Crippen LogP contribution in [0, 0.1) is 0 Å². The fourth-order valence-corrected chi connectivity index (χ4v) is 3.23. The quantitative estimate of drug-likeness (QED) is 0.798. The van der Waals surface area contributed by atoms with Gasteiger partial charge < -0.3 is 14.6 Å². The van der Waals surface area contributed by atoms with E-state index in [4.69, 9.17) is 9.47 Å². The van der Waals surface area contributed by atoms with Gasteiger partial charge in [0, 0.05) is 19.1 Å². The van der Waals surface area contributed by atoms with Crippen molar-refractivity contribution in [2.75, 3.05) is 20.3 Å². The summed E-state index contributed by atoms with van der Waals surface area (Å²) in [6.07, 6.45) is 4.09. The highest BCUT2D eigenvalue weighted by molar-refractivity contribution is 5.28. The molecule has 0 amide bonds. The Kier molecular flexibility index (Phi) is 7.34. The van der Waals surface area contributed by atoms with Crippen molar-refractivity contribution in [3.63, 3.8) is 0 Å². The molecule has 4 nitrogen and oxygen atoms in total. The van der Waals surface area contributed by atoms with Crippen LogP contribution in [0.1, 0.15) is 45.1 Å². The molecule has 23 heavy (non-hydrogen) atoms. The van der Waals surface area contributed by atoms with E-state index in [-0.39, 0.29) is 12.2 Å². The van der Waals surface area contributed by atoms with Gasteiger partial charge in [0.05, 0.1) is 25.9 Å². The molecule has 1 aliphatic rings. The average Bonchev–Trinajstić information content (AvgIpc) is 2.54. The van der Waals surface area contributed by atoms with E-state index in [0.717, 1.165) is 51.1 Å². The minimum Gasteiger partial charge on any atom is -0.497 e. The van der Waals surface area contributed by atoms with Gasteiger partial charge in [-0.15, -0.1) is 0 Å². The first-order valence-electron chi connectivity index (χ1n) is 8.75. The number of hydrogen-bond acceptors (Lipinski definition) is 4. The van der Waals surface area contributed by atoms with E-state index in [1.165, 1.54) is 5.56 Å². The molecule has 1 N–H and O–H groups in total. The van der Waals surface area contributed by atoms with Crippen LogP contribution in [0.3, 0.4) is 0 Å². The van der Waals surface area contributed by atoms with Gasteiger partial charge in [0.15, 0.2) is 0 Å². The van der Waals surface area contributed by atoms with E-state index in [1.54, 1.807) is 7.11 Å². The van der Waals surface area contributed by atoms with Crippen molar-refractivity contribution in [3.8, 4) is 5.75 Å². The Bertz CT molecular complexity index is 456. The molecule has 0 radical (unpaired) electrons. The second-order valence-corrected chi connectivity index (χ2v) is 6.70. The molecule has 0 heterocycles. The Morgan fingerprint density at radius 1 is 1.22 bits per heavy atom. The zero-order valence-corrected chi connectivity index (χ0v) is 14.7. The Morgan fingerprint density at radius 2 is 1.96 bits per heavy atom. The Labute approximate surface area is 140 Å². The van der Waals surface area contributed by atoms with E-state index in [1.807, 2.05) is 12.1 Å². The molecule has 0 bridgehead atoms. The van der Waals surface area contributed by atoms with Crippen molar-refractivity contribution >= 4 is 0 Å². The highest BCUT2D eigenvalue weighted by atomic mass is 16.5. The van der Waals surface area contributed by atoms with Gasteiger partial charge >= 0.3 is 0 Å². The van der Waals surface area contributed by atoms with E-state index in [0.29, 0.717) is 6.04 Å². The second kappa shape index (κ2) is 9.26. The lowest BCUT2D eigenvalue weighted by Gasteiger charge is -2.36. The highest BCUT2D eigenvalue weighted by Gasteiger charge is 2.25. The molecule has 130 valence electrons. The number of rotatable bonds is 8. The van der Waals surface area contributed by atoms with E-state index in [9.17, 15) is 5.11 Å². The molecule has 4 heteroatoms. The maximum atomic E-state index is 9.76. The lowest BCUT2D eigenvalue weighted by molar-refractivity contribution is 0.0269. The van der Waals surface area contributed by atoms with Gasteiger partial charge in [0.25, 0.3) is 0 Å². The van der Waals surface area contributed by atoms with Gasteiger partial charge in [0.2, 0.25) is 0 Å². The van der Waals surface area contributed by atoms with Crippen LogP contribution in [0.2, 0.25) is 0 Å². The number of aliphatic hydroxyl groups excluding tert-OH is 1. The van der Waals surface area contributed by atoms with Crippen molar-refractivity contribution in [1.82, 2.24) is 4.90 Å². The molecule has 1 aliphatic carbocycles. The zero-order valence-electron chi connectivity index (χ0n) is 14.7. The molecular formula is C19H31NO3. The molecule has 0 unspecified atom stereocenters. The molecule has 1 aromatic rings. The summed E-state index contributed by atoms with van der Waals surface area (Å²) in [5.74, 6) is 0.903. The van der Waals surface area contributed by atoms with Crippen molar-refractivity contribution in [1.29, 1.82) is 0 Å². The molecule has 0 atom stereocenters. The van der Waals surface area contributed by atoms with Gasteiger partial charge in [-0.1, -0.05) is 12.1 Å². The Hall–Kier alpha value is -1.10. The second-order valence-electron chi connectivity index (χ2n) is 6.70. The van der Waals surface area contributed by atoms with Crippen LogP contribution in [0.25, 0.3) is 0 Å². The first-order chi connectivity index (χ1) is 11.1. The number of ether oxygens (including phenoxy) is 2. The van der Waals surface area contributed by atoms with E-state index < -0.39 is 0 Å². The average molecular weight is 321 g/mol. The Balaban J connectivity index is 1.99. The molecule has 0 aliphatic heterocycles. The number of methoxy groups -OCH3 is 1. The molecule has 1 fully saturated rings. The largest absolute Gasteiger partial charge is 0.497 e. The van der Waals surface area contributed by atoms with Gasteiger partial charge in [-0.2, -0.15) is 0 Å². The van der Waals surface area contributed by atoms with Crippen LogP contribution in [0.5, 0.6) is 5.75 Å². The molecule has 0 spiro atoms.